The molecule has 16 heavy (non-hydrogen) atoms. The minimum absolute atomic E-state index is 0.0720. The molecule has 1 aliphatic rings. The van der Waals surface area contributed by atoms with Gasteiger partial charge < -0.3 is 10.4 Å². The summed E-state index contributed by atoms with van der Waals surface area (Å²) in [5.74, 6) is -2.15. The van der Waals surface area contributed by atoms with Crippen molar-refractivity contribution in [3.63, 3.8) is 0 Å². The molecule has 1 saturated carbocycles. The molecule has 1 fully saturated rings. The van der Waals surface area contributed by atoms with Crippen LogP contribution in [0.15, 0.2) is 18.2 Å². The lowest BCUT2D eigenvalue weighted by Gasteiger charge is -2.14. The van der Waals surface area contributed by atoms with Crippen LogP contribution in [0.2, 0.25) is 0 Å². The lowest BCUT2D eigenvalue weighted by molar-refractivity contribution is 0.0906. The van der Waals surface area contributed by atoms with Gasteiger partial charge in [-0.15, -0.1) is 0 Å². The quantitative estimate of drug-likeness (QED) is 0.815. The lowest BCUT2D eigenvalue weighted by Crippen LogP contribution is -2.39. The van der Waals surface area contributed by atoms with Crippen LogP contribution in [-0.2, 0) is 0 Å². The first kappa shape index (κ1) is 11.0. The topological polar surface area (TPSA) is 49.3 Å². The van der Waals surface area contributed by atoms with Gasteiger partial charge in [-0.3, -0.25) is 4.79 Å². The minimum Gasteiger partial charge on any atom is -0.394 e. The van der Waals surface area contributed by atoms with Gasteiger partial charge in [-0.2, -0.15) is 0 Å². The van der Waals surface area contributed by atoms with Gasteiger partial charge in [-0.1, -0.05) is 0 Å². The van der Waals surface area contributed by atoms with Gasteiger partial charge in [-0.05, 0) is 25.0 Å². The largest absolute Gasteiger partial charge is 0.394 e. The summed E-state index contributed by atoms with van der Waals surface area (Å²) < 4.78 is 25.7. The Bertz CT molecular complexity index is 410. The Labute approximate surface area is 91.1 Å². The van der Waals surface area contributed by atoms with E-state index in [9.17, 15) is 13.6 Å². The molecule has 0 bridgehead atoms. The molecule has 1 amide bonds. The molecule has 5 heteroatoms. The maximum absolute atomic E-state index is 12.8. The van der Waals surface area contributed by atoms with Crippen molar-refractivity contribution in [2.45, 2.75) is 18.4 Å². The Morgan fingerprint density at radius 3 is 2.31 bits per heavy atom. The number of hydrogen-bond donors (Lipinski definition) is 2. The molecule has 0 radical (unpaired) electrons. The summed E-state index contributed by atoms with van der Waals surface area (Å²) in [7, 11) is 0. The van der Waals surface area contributed by atoms with Crippen LogP contribution in [0.4, 0.5) is 8.78 Å². The van der Waals surface area contributed by atoms with Crippen LogP contribution in [0, 0.1) is 11.6 Å². The van der Waals surface area contributed by atoms with Gasteiger partial charge in [-0.25, -0.2) is 8.78 Å². The van der Waals surface area contributed by atoms with Crippen LogP contribution in [0.3, 0.4) is 0 Å². The maximum Gasteiger partial charge on any atom is 0.251 e. The van der Waals surface area contributed by atoms with Crippen molar-refractivity contribution in [3.05, 3.63) is 35.4 Å². The summed E-state index contributed by atoms with van der Waals surface area (Å²) >= 11 is 0. The average Bonchev–Trinajstić information content (AvgIpc) is 2.97. The summed E-state index contributed by atoms with van der Waals surface area (Å²) in [6, 6.07) is 2.63. The van der Waals surface area contributed by atoms with Crippen LogP contribution in [0.25, 0.3) is 0 Å². The summed E-state index contributed by atoms with van der Waals surface area (Å²) in [6.07, 6.45) is 1.38. The van der Waals surface area contributed by atoms with Gasteiger partial charge in [0.1, 0.15) is 11.6 Å². The van der Waals surface area contributed by atoms with Crippen molar-refractivity contribution in [1.82, 2.24) is 5.32 Å². The number of benzene rings is 1. The fourth-order valence-corrected chi connectivity index (χ4v) is 1.47. The van der Waals surface area contributed by atoms with Gasteiger partial charge in [0.2, 0.25) is 0 Å². The maximum atomic E-state index is 12.8. The average molecular weight is 227 g/mol. The second-order valence-electron chi connectivity index (χ2n) is 4.05. The molecule has 0 atom stereocenters. The van der Waals surface area contributed by atoms with E-state index < -0.39 is 23.1 Å². The summed E-state index contributed by atoms with van der Waals surface area (Å²) in [4.78, 5) is 11.6. The molecule has 0 unspecified atom stereocenters. The normalized spacial score (nSPS) is 16.9. The molecule has 1 aromatic carbocycles. The molecule has 0 spiro atoms. The monoisotopic (exact) mass is 227 g/mol. The number of aliphatic hydroxyl groups is 1. The van der Waals surface area contributed by atoms with Crippen LogP contribution in [0.1, 0.15) is 23.2 Å². The number of nitrogens with one attached hydrogen (secondary N) is 1. The van der Waals surface area contributed by atoms with Crippen LogP contribution in [-0.4, -0.2) is 23.2 Å². The highest BCUT2D eigenvalue weighted by atomic mass is 19.1. The second kappa shape index (κ2) is 3.83. The van der Waals surface area contributed by atoms with Gasteiger partial charge in [0, 0.05) is 11.6 Å². The van der Waals surface area contributed by atoms with E-state index >= 15 is 0 Å². The van der Waals surface area contributed by atoms with E-state index in [2.05, 4.69) is 5.32 Å². The first-order chi connectivity index (χ1) is 7.54. The third-order valence-electron chi connectivity index (χ3n) is 2.66. The zero-order valence-electron chi connectivity index (χ0n) is 8.46. The number of rotatable bonds is 3. The standard InChI is InChI=1S/C11H11F2NO2/c12-8-3-7(4-9(13)5-8)10(16)14-11(6-15)1-2-11/h3-5,15H,1-2,6H2,(H,14,16). The van der Waals surface area contributed by atoms with Crippen LogP contribution >= 0.6 is 0 Å². The van der Waals surface area contributed by atoms with Crippen molar-refractivity contribution in [3.8, 4) is 0 Å². The Balaban J connectivity index is 2.14. The highest BCUT2D eigenvalue weighted by Crippen LogP contribution is 2.34. The van der Waals surface area contributed by atoms with Gasteiger partial charge >= 0.3 is 0 Å². The fraction of sp³-hybridized carbons (Fsp3) is 0.364. The number of halogens is 2. The van der Waals surface area contributed by atoms with Crippen molar-refractivity contribution in [2.24, 2.45) is 0 Å². The van der Waals surface area contributed by atoms with E-state index in [-0.39, 0.29) is 12.2 Å². The molecule has 0 aliphatic heterocycles. The van der Waals surface area contributed by atoms with Crippen LogP contribution in [0.5, 0.6) is 0 Å². The molecular formula is C11H11F2NO2. The number of amides is 1. The zero-order chi connectivity index (χ0) is 11.8. The predicted molar refractivity (Wildman–Crippen MR) is 52.9 cm³/mol. The van der Waals surface area contributed by atoms with E-state index in [1.807, 2.05) is 0 Å². The molecule has 0 heterocycles. The predicted octanol–water partition coefficient (Wildman–Crippen LogP) is 1.22. The lowest BCUT2D eigenvalue weighted by atomic mass is 10.1. The molecule has 2 rings (SSSR count). The van der Waals surface area contributed by atoms with Crippen molar-refractivity contribution < 1.29 is 18.7 Å². The number of aliphatic hydroxyl groups excluding tert-OH is 1. The Morgan fingerprint density at radius 2 is 1.88 bits per heavy atom. The summed E-state index contributed by atoms with van der Waals surface area (Å²) in [5.41, 5.74) is -0.655. The molecule has 0 saturated heterocycles. The van der Waals surface area contributed by atoms with E-state index in [0.29, 0.717) is 18.9 Å². The van der Waals surface area contributed by atoms with Crippen LogP contribution < -0.4 is 5.32 Å². The van der Waals surface area contributed by atoms with E-state index in [1.54, 1.807) is 0 Å². The van der Waals surface area contributed by atoms with E-state index in [0.717, 1.165) is 12.1 Å². The molecule has 1 aliphatic carbocycles. The minimum atomic E-state index is -0.793. The molecule has 3 nitrogen and oxygen atoms in total. The molecule has 2 N–H and O–H groups in total. The third-order valence-corrected chi connectivity index (χ3v) is 2.66. The van der Waals surface area contributed by atoms with Crippen molar-refractivity contribution in [1.29, 1.82) is 0 Å². The number of hydrogen-bond acceptors (Lipinski definition) is 2. The Hall–Kier alpha value is -1.49. The smallest absolute Gasteiger partial charge is 0.251 e. The van der Waals surface area contributed by atoms with Crippen molar-refractivity contribution >= 4 is 5.91 Å². The zero-order valence-corrected chi connectivity index (χ0v) is 8.46. The van der Waals surface area contributed by atoms with Gasteiger partial charge in [0.25, 0.3) is 5.91 Å². The highest BCUT2D eigenvalue weighted by molar-refractivity contribution is 5.95. The number of carbonyl (C=O) groups is 1. The highest BCUT2D eigenvalue weighted by Gasteiger charge is 2.43. The first-order valence-electron chi connectivity index (χ1n) is 4.94. The summed E-state index contributed by atoms with van der Waals surface area (Å²) in [6.45, 7) is -0.156. The number of carbonyl (C=O) groups excluding carboxylic acids is 1. The van der Waals surface area contributed by atoms with E-state index in [1.165, 1.54) is 0 Å². The second-order valence-corrected chi connectivity index (χ2v) is 4.05. The fourth-order valence-electron chi connectivity index (χ4n) is 1.47. The molecular weight excluding hydrogens is 216 g/mol. The van der Waals surface area contributed by atoms with Crippen molar-refractivity contribution in [2.75, 3.05) is 6.61 Å². The first-order valence-corrected chi connectivity index (χ1v) is 4.94. The van der Waals surface area contributed by atoms with E-state index in [4.69, 9.17) is 5.11 Å². The third kappa shape index (κ3) is 2.19. The Morgan fingerprint density at radius 1 is 1.31 bits per heavy atom. The summed E-state index contributed by atoms with van der Waals surface area (Å²) in [5, 5.41) is 11.6. The molecule has 1 aromatic rings. The molecule has 0 aromatic heterocycles. The van der Waals surface area contributed by atoms with Gasteiger partial charge in [0.15, 0.2) is 0 Å². The van der Waals surface area contributed by atoms with Gasteiger partial charge in [0.05, 0.1) is 12.1 Å². The molecule has 86 valence electrons. The Kier molecular flexibility index (Phi) is 2.63. The SMILES string of the molecule is O=C(NC1(CO)CC1)c1cc(F)cc(F)c1.